The average Bonchev–Trinajstić information content (AvgIpc) is 2.25. The molecule has 0 rings (SSSR count). The summed E-state index contributed by atoms with van der Waals surface area (Å²) < 4.78 is 107. The smallest absolute Gasteiger partial charge is 0.395 e. The van der Waals surface area contributed by atoms with E-state index in [1.54, 1.807) is 0 Å². The molecule has 20 heavy (non-hydrogen) atoms. The summed E-state index contributed by atoms with van der Waals surface area (Å²) in [6.07, 6.45) is 0. The minimum absolute atomic E-state index is 0.223. The van der Waals surface area contributed by atoms with Gasteiger partial charge in [0.15, 0.2) is 0 Å². The monoisotopic (exact) mass is 376 g/mol. The zero-order valence-corrected chi connectivity index (χ0v) is 11.2. The molecule has 0 fully saturated rings. The first-order valence-electron chi connectivity index (χ1n) is 4.15. The van der Waals surface area contributed by atoms with Crippen LogP contribution in [0, 0.1) is 0 Å². The van der Waals surface area contributed by atoms with Crippen LogP contribution in [0.1, 0.15) is 0 Å². The summed E-state index contributed by atoms with van der Waals surface area (Å²) in [6.45, 7) is 0. The summed E-state index contributed by atoms with van der Waals surface area (Å²) in [7, 11) is 0.223. The third kappa shape index (κ3) is 2.61. The number of methoxy groups -OCH3 is 1. The number of hydrogen-bond donors (Lipinski definition) is 0. The number of halogens is 11. The van der Waals surface area contributed by atoms with Crippen LogP contribution in [0.15, 0.2) is 0 Å². The molecule has 2 atom stereocenters. The summed E-state index contributed by atoms with van der Waals surface area (Å²) in [5, 5.41) is -17.5. The highest BCUT2D eigenvalue weighted by Crippen LogP contribution is 2.60. The van der Waals surface area contributed by atoms with Crippen LogP contribution >= 0.6 is 34.8 Å². The molecule has 0 aromatic rings. The molecule has 13 heteroatoms. The molecule has 120 valence electrons. The Hall–Kier alpha value is -0.220. The highest BCUT2D eigenvalue weighted by atomic mass is 35.5. The number of carbonyl (C=O) groups is 1. The molecule has 0 aliphatic rings. The van der Waals surface area contributed by atoms with Crippen LogP contribution in [-0.2, 0) is 9.53 Å². The molecule has 0 N–H and O–H groups in total. The van der Waals surface area contributed by atoms with Crippen LogP contribution in [0.4, 0.5) is 35.1 Å². The molecule has 2 nitrogen and oxygen atoms in total. The van der Waals surface area contributed by atoms with Gasteiger partial charge in [-0.15, -0.1) is 0 Å². The summed E-state index contributed by atoms with van der Waals surface area (Å²) in [4.78, 5) is 10.5. The van der Waals surface area contributed by atoms with Crippen LogP contribution in [-0.4, -0.2) is 40.6 Å². The van der Waals surface area contributed by atoms with E-state index >= 15 is 0 Å². The molecule has 0 aliphatic heterocycles. The number of carbonyl (C=O) groups excluding carboxylic acids is 1. The summed E-state index contributed by atoms with van der Waals surface area (Å²) in [5.74, 6) is -15.4. The molecule has 0 saturated carbocycles. The molecule has 0 radical (unpaired) electrons. The standard InChI is InChI=1S/C7H3Cl3F8O2/c1-20-2(19)3(11,12)4(8,13)6(15,16)5(9,14)7(10,17)18/h1H3/t4-,5+/m1/s1. The predicted octanol–water partition coefficient (Wildman–Crippen LogP) is 4.07. The second-order valence-electron chi connectivity index (χ2n) is 3.29. The van der Waals surface area contributed by atoms with Crippen molar-refractivity contribution >= 4 is 40.8 Å². The molecular weight excluding hydrogens is 374 g/mol. The van der Waals surface area contributed by atoms with Crippen LogP contribution in [0.5, 0.6) is 0 Å². The van der Waals surface area contributed by atoms with Crippen molar-refractivity contribution in [1.29, 1.82) is 0 Å². The van der Waals surface area contributed by atoms with Gasteiger partial charge in [-0.1, -0.05) is 23.2 Å². The molecule has 0 aromatic heterocycles. The van der Waals surface area contributed by atoms with E-state index in [1.165, 1.54) is 0 Å². The number of ether oxygens (including phenoxy) is 1. The van der Waals surface area contributed by atoms with E-state index in [9.17, 15) is 39.9 Å². The summed E-state index contributed by atoms with van der Waals surface area (Å²) in [5.41, 5.74) is 0. The molecule has 0 unspecified atom stereocenters. The van der Waals surface area contributed by atoms with Crippen molar-refractivity contribution in [3.63, 3.8) is 0 Å². The van der Waals surface area contributed by atoms with E-state index in [-0.39, 0.29) is 7.11 Å². The lowest BCUT2D eigenvalue weighted by Gasteiger charge is -2.38. The van der Waals surface area contributed by atoms with Crippen LogP contribution < -0.4 is 0 Å². The lowest BCUT2D eigenvalue weighted by atomic mass is 10.0. The average molecular weight is 377 g/mol. The highest BCUT2D eigenvalue weighted by molar-refractivity contribution is 6.34. The van der Waals surface area contributed by atoms with Crippen molar-refractivity contribution in [2.75, 3.05) is 7.11 Å². The van der Waals surface area contributed by atoms with Gasteiger partial charge in [-0.2, -0.15) is 26.3 Å². The first-order chi connectivity index (χ1) is 8.48. The Bertz CT molecular complexity index is 392. The molecule has 0 saturated heterocycles. The summed E-state index contributed by atoms with van der Waals surface area (Å²) >= 11 is 12.0. The van der Waals surface area contributed by atoms with Crippen LogP contribution in [0.3, 0.4) is 0 Å². The van der Waals surface area contributed by atoms with Gasteiger partial charge in [-0.05, 0) is 11.6 Å². The Morgan fingerprint density at radius 1 is 0.850 bits per heavy atom. The number of hydrogen-bond acceptors (Lipinski definition) is 2. The number of rotatable bonds is 5. The van der Waals surface area contributed by atoms with Crippen molar-refractivity contribution in [3.8, 4) is 0 Å². The number of alkyl halides is 11. The molecule has 0 spiro atoms. The fraction of sp³-hybridized carbons (Fsp3) is 0.857. The summed E-state index contributed by atoms with van der Waals surface area (Å²) in [6, 6.07) is 0. The number of esters is 1. The van der Waals surface area contributed by atoms with Gasteiger partial charge in [0.25, 0.3) is 0 Å². The van der Waals surface area contributed by atoms with E-state index in [0.29, 0.717) is 0 Å². The van der Waals surface area contributed by atoms with Gasteiger partial charge in [0.2, 0.25) is 0 Å². The van der Waals surface area contributed by atoms with Gasteiger partial charge in [0.05, 0.1) is 7.11 Å². The molecule has 0 heterocycles. The van der Waals surface area contributed by atoms with Gasteiger partial charge >= 0.3 is 33.5 Å². The maximum atomic E-state index is 13.4. The van der Waals surface area contributed by atoms with E-state index in [1.807, 2.05) is 0 Å². The van der Waals surface area contributed by atoms with Gasteiger partial charge < -0.3 is 4.74 Å². The van der Waals surface area contributed by atoms with Crippen LogP contribution in [0.25, 0.3) is 0 Å². The van der Waals surface area contributed by atoms with Gasteiger partial charge in [-0.25, -0.2) is 13.6 Å². The van der Waals surface area contributed by atoms with E-state index < -0.39 is 33.5 Å². The van der Waals surface area contributed by atoms with E-state index in [4.69, 9.17) is 0 Å². The molecule has 0 aliphatic carbocycles. The normalized spacial score (nSPS) is 20.0. The zero-order valence-electron chi connectivity index (χ0n) is 8.97. The quantitative estimate of drug-likeness (QED) is 0.410. The minimum Gasteiger partial charge on any atom is -0.464 e. The van der Waals surface area contributed by atoms with E-state index in [0.717, 1.165) is 0 Å². The third-order valence-corrected chi connectivity index (χ3v) is 3.29. The molecular formula is C7H3Cl3F8O2. The Morgan fingerprint density at radius 2 is 1.20 bits per heavy atom. The topological polar surface area (TPSA) is 26.3 Å². The third-order valence-electron chi connectivity index (χ3n) is 1.98. The Morgan fingerprint density at radius 3 is 1.45 bits per heavy atom. The lowest BCUT2D eigenvalue weighted by molar-refractivity contribution is -0.265. The SMILES string of the molecule is COC(=O)C(F)(F)[C@](F)(Cl)C(F)(F)[C@@](F)(Cl)C(F)(F)Cl. The molecule has 0 aromatic carbocycles. The first-order valence-corrected chi connectivity index (χ1v) is 5.28. The maximum absolute atomic E-state index is 13.4. The molecule has 0 bridgehead atoms. The fourth-order valence-electron chi connectivity index (χ4n) is 0.829. The van der Waals surface area contributed by atoms with Gasteiger partial charge in [-0.3, -0.25) is 0 Å². The zero-order chi connectivity index (χ0) is 16.8. The second kappa shape index (κ2) is 5.20. The fourth-order valence-corrected chi connectivity index (χ4v) is 1.33. The van der Waals surface area contributed by atoms with Gasteiger partial charge in [0, 0.05) is 0 Å². The van der Waals surface area contributed by atoms with Crippen molar-refractivity contribution in [1.82, 2.24) is 0 Å². The molecule has 0 amide bonds. The highest BCUT2D eigenvalue weighted by Gasteiger charge is 2.85. The minimum atomic E-state index is -6.49. The first kappa shape index (κ1) is 19.8. The Balaban J connectivity index is 6.00. The van der Waals surface area contributed by atoms with E-state index in [2.05, 4.69) is 39.5 Å². The van der Waals surface area contributed by atoms with Crippen LogP contribution in [0.2, 0.25) is 0 Å². The lowest BCUT2D eigenvalue weighted by Crippen LogP contribution is -2.67. The van der Waals surface area contributed by atoms with Crippen molar-refractivity contribution in [3.05, 3.63) is 0 Å². The van der Waals surface area contributed by atoms with Crippen molar-refractivity contribution in [2.45, 2.75) is 27.5 Å². The van der Waals surface area contributed by atoms with Gasteiger partial charge in [0.1, 0.15) is 0 Å². The van der Waals surface area contributed by atoms with Crippen molar-refractivity contribution < 1.29 is 44.7 Å². The van der Waals surface area contributed by atoms with Crippen molar-refractivity contribution in [2.24, 2.45) is 0 Å². The maximum Gasteiger partial charge on any atom is 0.395 e. The largest absolute Gasteiger partial charge is 0.464 e. The predicted molar refractivity (Wildman–Crippen MR) is 52.1 cm³/mol. The second-order valence-corrected chi connectivity index (χ2v) is 4.80. The Kier molecular flexibility index (Phi) is 5.15. The Labute approximate surface area is 120 Å².